The van der Waals surface area contributed by atoms with E-state index in [4.69, 9.17) is 0 Å². The van der Waals surface area contributed by atoms with Gasteiger partial charge in [0.2, 0.25) is 0 Å². The fraction of sp³-hybridized carbons (Fsp3) is 0.867. The molecule has 0 spiro atoms. The Labute approximate surface area is 121 Å². The molecule has 5 heteroatoms. The Balaban J connectivity index is 1.93. The average Bonchev–Trinajstić information content (AvgIpc) is 2.46. The summed E-state index contributed by atoms with van der Waals surface area (Å²) in [5.41, 5.74) is 0. The van der Waals surface area contributed by atoms with Crippen molar-refractivity contribution in [3.63, 3.8) is 0 Å². The number of hydrogen-bond acceptors (Lipinski definition) is 3. The summed E-state index contributed by atoms with van der Waals surface area (Å²) in [5.74, 6) is -0.632. The van der Waals surface area contributed by atoms with Gasteiger partial charge < -0.3 is 14.7 Å². The first kappa shape index (κ1) is 15.3. The third-order valence-electron chi connectivity index (χ3n) is 4.80. The van der Waals surface area contributed by atoms with Crippen molar-refractivity contribution in [2.75, 3.05) is 33.7 Å². The van der Waals surface area contributed by atoms with Crippen LogP contribution in [-0.4, -0.2) is 72.3 Å². The van der Waals surface area contributed by atoms with E-state index < -0.39 is 0 Å². The van der Waals surface area contributed by atoms with Crippen LogP contribution in [-0.2, 0) is 9.59 Å². The number of amides is 2. The number of likely N-dealkylation sites (tertiary alicyclic amines) is 2. The fourth-order valence-electron chi connectivity index (χ4n) is 3.22. The smallest absolute Gasteiger partial charge is 0.312 e. The van der Waals surface area contributed by atoms with Gasteiger partial charge in [0.15, 0.2) is 0 Å². The molecule has 2 saturated heterocycles. The summed E-state index contributed by atoms with van der Waals surface area (Å²) in [6.07, 6.45) is 5.10. The molecular formula is C15H27N3O2. The lowest BCUT2D eigenvalue weighted by Crippen LogP contribution is -2.53. The van der Waals surface area contributed by atoms with Crippen LogP contribution in [0.15, 0.2) is 0 Å². The lowest BCUT2D eigenvalue weighted by atomic mass is 10.0. The van der Waals surface area contributed by atoms with E-state index in [2.05, 4.69) is 11.9 Å². The lowest BCUT2D eigenvalue weighted by molar-refractivity contribution is -0.154. The van der Waals surface area contributed by atoms with Crippen molar-refractivity contribution < 1.29 is 9.59 Å². The van der Waals surface area contributed by atoms with Gasteiger partial charge in [-0.2, -0.15) is 0 Å². The zero-order chi connectivity index (χ0) is 14.7. The molecule has 2 heterocycles. The minimum absolute atomic E-state index is 0.200. The zero-order valence-corrected chi connectivity index (χ0v) is 13.0. The van der Waals surface area contributed by atoms with E-state index in [9.17, 15) is 9.59 Å². The number of carbonyl (C=O) groups excluding carboxylic acids is 2. The highest BCUT2D eigenvalue weighted by molar-refractivity contribution is 6.35. The van der Waals surface area contributed by atoms with Crippen LogP contribution >= 0.6 is 0 Å². The average molecular weight is 281 g/mol. The Morgan fingerprint density at radius 3 is 2.30 bits per heavy atom. The number of carbonyl (C=O) groups is 2. The van der Waals surface area contributed by atoms with Crippen molar-refractivity contribution in [2.45, 2.75) is 51.1 Å². The lowest BCUT2D eigenvalue weighted by Gasteiger charge is -2.37. The Morgan fingerprint density at radius 2 is 1.70 bits per heavy atom. The topological polar surface area (TPSA) is 43.9 Å². The third kappa shape index (κ3) is 3.32. The van der Waals surface area contributed by atoms with Crippen LogP contribution in [0.1, 0.15) is 39.0 Å². The molecule has 0 N–H and O–H groups in total. The largest absolute Gasteiger partial charge is 0.334 e. The predicted octanol–water partition coefficient (Wildman–Crippen LogP) is 0.940. The summed E-state index contributed by atoms with van der Waals surface area (Å²) >= 11 is 0. The zero-order valence-electron chi connectivity index (χ0n) is 13.0. The summed E-state index contributed by atoms with van der Waals surface area (Å²) in [4.78, 5) is 30.5. The number of rotatable bonds is 1. The molecule has 0 saturated carbocycles. The number of hydrogen-bond donors (Lipinski definition) is 0. The Morgan fingerprint density at radius 1 is 1.05 bits per heavy atom. The van der Waals surface area contributed by atoms with Gasteiger partial charge in [-0.25, -0.2) is 0 Å². The molecule has 2 fully saturated rings. The van der Waals surface area contributed by atoms with Crippen LogP contribution < -0.4 is 0 Å². The molecule has 2 aliphatic rings. The van der Waals surface area contributed by atoms with Crippen LogP contribution in [0.3, 0.4) is 0 Å². The van der Waals surface area contributed by atoms with Crippen molar-refractivity contribution in [2.24, 2.45) is 0 Å². The van der Waals surface area contributed by atoms with Gasteiger partial charge in [0.05, 0.1) is 0 Å². The number of likely N-dealkylation sites (N-methyl/N-ethyl adjacent to an activating group) is 1. The van der Waals surface area contributed by atoms with Crippen molar-refractivity contribution in [3.8, 4) is 0 Å². The number of piperidine rings is 2. The van der Waals surface area contributed by atoms with Crippen LogP contribution in [0.2, 0.25) is 0 Å². The van der Waals surface area contributed by atoms with Crippen molar-refractivity contribution in [3.05, 3.63) is 0 Å². The van der Waals surface area contributed by atoms with Gasteiger partial charge in [0.25, 0.3) is 0 Å². The van der Waals surface area contributed by atoms with E-state index in [1.54, 1.807) is 16.8 Å². The first-order valence-electron chi connectivity index (χ1n) is 7.77. The van der Waals surface area contributed by atoms with Gasteiger partial charge in [0, 0.05) is 25.7 Å². The molecule has 5 nitrogen and oxygen atoms in total. The summed E-state index contributed by atoms with van der Waals surface area (Å²) in [6.45, 7) is 4.76. The Kier molecular flexibility index (Phi) is 5.02. The summed E-state index contributed by atoms with van der Waals surface area (Å²) in [7, 11) is 3.88. The van der Waals surface area contributed by atoms with E-state index in [1.807, 2.05) is 6.92 Å². The summed E-state index contributed by atoms with van der Waals surface area (Å²) < 4.78 is 0. The maximum absolute atomic E-state index is 12.4. The molecule has 1 atom stereocenters. The molecule has 1 unspecified atom stereocenters. The molecule has 20 heavy (non-hydrogen) atoms. The van der Waals surface area contributed by atoms with E-state index in [0.717, 1.165) is 51.7 Å². The first-order valence-corrected chi connectivity index (χ1v) is 7.77. The maximum atomic E-state index is 12.4. The van der Waals surface area contributed by atoms with Gasteiger partial charge in [-0.1, -0.05) is 0 Å². The highest BCUT2D eigenvalue weighted by atomic mass is 16.2. The van der Waals surface area contributed by atoms with Crippen LogP contribution in [0, 0.1) is 0 Å². The molecule has 2 rings (SSSR count). The molecule has 0 radical (unpaired) electrons. The third-order valence-corrected chi connectivity index (χ3v) is 4.80. The van der Waals surface area contributed by atoms with E-state index >= 15 is 0 Å². The molecule has 0 aromatic rings. The molecule has 2 aliphatic heterocycles. The van der Waals surface area contributed by atoms with Gasteiger partial charge >= 0.3 is 11.8 Å². The molecule has 0 aliphatic carbocycles. The minimum atomic E-state index is -0.326. The van der Waals surface area contributed by atoms with Crippen molar-refractivity contribution in [1.82, 2.24) is 14.7 Å². The normalized spacial score (nSPS) is 25.6. The second kappa shape index (κ2) is 6.57. The summed E-state index contributed by atoms with van der Waals surface area (Å²) in [5, 5.41) is 0. The standard InChI is InChI=1S/C15H27N3O2/c1-12-6-4-5-9-18(12)15(20)14(19)17(3)13-7-10-16(2)11-8-13/h12-13H,4-11H2,1-3H3. The summed E-state index contributed by atoms with van der Waals surface area (Å²) in [6, 6.07) is 0.411. The Bertz CT molecular complexity index is 364. The van der Waals surface area contributed by atoms with Gasteiger partial charge in [-0.15, -0.1) is 0 Å². The van der Waals surface area contributed by atoms with E-state index in [1.165, 1.54) is 0 Å². The fourth-order valence-corrected chi connectivity index (χ4v) is 3.22. The Hall–Kier alpha value is -1.10. The van der Waals surface area contributed by atoms with Gasteiger partial charge in [0.1, 0.15) is 0 Å². The van der Waals surface area contributed by atoms with Crippen molar-refractivity contribution >= 4 is 11.8 Å². The highest BCUT2D eigenvalue weighted by Crippen LogP contribution is 2.19. The second-order valence-electron chi connectivity index (χ2n) is 6.29. The quantitative estimate of drug-likeness (QED) is 0.672. The molecule has 0 bridgehead atoms. The molecule has 0 aromatic heterocycles. The van der Waals surface area contributed by atoms with Gasteiger partial charge in [-0.3, -0.25) is 9.59 Å². The monoisotopic (exact) mass is 281 g/mol. The predicted molar refractivity (Wildman–Crippen MR) is 78.3 cm³/mol. The molecule has 2 amide bonds. The molecule has 0 aromatic carbocycles. The van der Waals surface area contributed by atoms with Crippen LogP contribution in [0.5, 0.6) is 0 Å². The number of nitrogens with zero attached hydrogens (tertiary/aromatic N) is 3. The van der Waals surface area contributed by atoms with E-state index in [0.29, 0.717) is 0 Å². The highest BCUT2D eigenvalue weighted by Gasteiger charge is 2.33. The van der Waals surface area contributed by atoms with Crippen LogP contribution in [0.4, 0.5) is 0 Å². The SMILES string of the molecule is CC1CCCCN1C(=O)C(=O)N(C)C1CCN(C)CC1. The van der Waals surface area contributed by atoms with E-state index in [-0.39, 0.29) is 23.9 Å². The van der Waals surface area contributed by atoms with Gasteiger partial charge in [-0.05, 0) is 59.2 Å². The molecule has 114 valence electrons. The first-order chi connectivity index (χ1) is 9.50. The minimum Gasteiger partial charge on any atom is -0.334 e. The second-order valence-corrected chi connectivity index (χ2v) is 6.29. The maximum Gasteiger partial charge on any atom is 0.312 e. The van der Waals surface area contributed by atoms with Crippen LogP contribution in [0.25, 0.3) is 0 Å². The molecular weight excluding hydrogens is 254 g/mol. The van der Waals surface area contributed by atoms with Crippen molar-refractivity contribution in [1.29, 1.82) is 0 Å².